The van der Waals surface area contributed by atoms with Gasteiger partial charge in [-0.05, 0) is 44.1 Å². The number of hydrogen-bond acceptors (Lipinski definition) is 4. The van der Waals surface area contributed by atoms with Gasteiger partial charge in [-0.1, -0.05) is 36.4 Å². The average Bonchev–Trinajstić information content (AvgIpc) is 2.88. The van der Waals surface area contributed by atoms with E-state index in [0.29, 0.717) is 11.7 Å². The number of nitrogens with zero attached hydrogens (tertiary/aromatic N) is 4. The monoisotopic (exact) mass is 306 g/mol. The Hall–Kier alpha value is -2.56. The second kappa shape index (κ2) is 5.91. The molecule has 2 aliphatic heterocycles. The minimum Gasteiger partial charge on any atom is -0.265 e. The van der Waals surface area contributed by atoms with E-state index in [1.807, 2.05) is 24.3 Å². The van der Waals surface area contributed by atoms with Crippen LogP contribution >= 0.6 is 0 Å². The molecule has 3 aliphatic rings. The molecule has 23 heavy (non-hydrogen) atoms. The lowest BCUT2D eigenvalue weighted by molar-refractivity contribution is -0.114. The van der Waals surface area contributed by atoms with Crippen LogP contribution in [0.4, 0.5) is 0 Å². The number of carbonyl (C=O) groups is 1. The van der Waals surface area contributed by atoms with Crippen molar-refractivity contribution in [3.05, 3.63) is 47.7 Å². The topological polar surface area (TPSA) is 57.4 Å². The lowest BCUT2D eigenvalue weighted by Gasteiger charge is -2.24. The predicted octanol–water partition coefficient (Wildman–Crippen LogP) is 3.09. The second-order valence-electron chi connectivity index (χ2n) is 5.95. The molecule has 0 spiro atoms. The maximum absolute atomic E-state index is 12.2. The van der Waals surface area contributed by atoms with Crippen molar-refractivity contribution >= 4 is 23.3 Å². The van der Waals surface area contributed by atoms with Gasteiger partial charge in [-0.2, -0.15) is 15.1 Å². The van der Waals surface area contributed by atoms with Crippen LogP contribution in [-0.2, 0) is 11.2 Å². The molecule has 0 N–H and O–H groups in total. The van der Waals surface area contributed by atoms with Crippen LogP contribution in [-0.4, -0.2) is 28.3 Å². The number of guanidine groups is 1. The van der Waals surface area contributed by atoms with Crippen LogP contribution in [0.1, 0.15) is 37.7 Å². The summed E-state index contributed by atoms with van der Waals surface area (Å²) in [5.74, 6) is 0.196. The van der Waals surface area contributed by atoms with E-state index in [-0.39, 0.29) is 5.91 Å². The quantitative estimate of drug-likeness (QED) is 0.806. The van der Waals surface area contributed by atoms with Crippen LogP contribution in [0.3, 0.4) is 0 Å². The highest BCUT2D eigenvalue weighted by atomic mass is 16.2. The van der Waals surface area contributed by atoms with Gasteiger partial charge in [0.05, 0.1) is 11.4 Å². The van der Waals surface area contributed by atoms with Crippen LogP contribution < -0.4 is 0 Å². The normalized spacial score (nSPS) is 21.6. The number of amides is 1. The van der Waals surface area contributed by atoms with E-state index in [9.17, 15) is 4.79 Å². The van der Waals surface area contributed by atoms with Gasteiger partial charge in [0.15, 0.2) is 0 Å². The van der Waals surface area contributed by atoms with Gasteiger partial charge in [0.2, 0.25) is 0 Å². The molecular weight excluding hydrogens is 288 g/mol. The number of hydrogen-bond donors (Lipinski definition) is 0. The summed E-state index contributed by atoms with van der Waals surface area (Å²) in [6.45, 7) is 0. The molecule has 0 saturated heterocycles. The molecule has 0 radical (unpaired) electrons. The SMILES string of the molecule is O=C1N=C2N=C3CCCCC3=NN2C1=CCCc1ccccc1. The first-order chi connectivity index (χ1) is 11.3. The zero-order valence-corrected chi connectivity index (χ0v) is 12.9. The summed E-state index contributed by atoms with van der Waals surface area (Å²) >= 11 is 0. The lowest BCUT2D eigenvalue weighted by Crippen LogP contribution is -2.33. The highest BCUT2D eigenvalue weighted by Crippen LogP contribution is 2.25. The molecule has 0 unspecified atom stereocenters. The van der Waals surface area contributed by atoms with Gasteiger partial charge in [-0.15, -0.1) is 0 Å². The maximum Gasteiger partial charge on any atom is 0.298 e. The summed E-state index contributed by atoms with van der Waals surface area (Å²) in [6.07, 6.45) is 7.76. The zero-order chi connectivity index (χ0) is 15.6. The molecule has 0 bridgehead atoms. The van der Waals surface area contributed by atoms with Crippen molar-refractivity contribution in [1.82, 2.24) is 5.01 Å². The fraction of sp³-hybridized carbons (Fsp3) is 0.333. The molecule has 1 aromatic carbocycles. The molecule has 0 atom stereocenters. The highest BCUT2D eigenvalue weighted by molar-refractivity contribution is 6.45. The summed E-state index contributed by atoms with van der Waals surface area (Å²) in [6, 6.07) is 10.3. The van der Waals surface area contributed by atoms with E-state index in [1.165, 1.54) is 5.56 Å². The second-order valence-corrected chi connectivity index (χ2v) is 5.95. The number of rotatable bonds is 3. The van der Waals surface area contributed by atoms with Crippen molar-refractivity contribution in [3.63, 3.8) is 0 Å². The van der Waals surface area contributed by atoms with Gasteiger partial charge in [0, 0.05) is 0 Å². The van der Waals surface area contributed by atoms with E-state index >= 15 is 0 Å². The molecule has 2 heterocycles. The number of fused-ring (bicyclic) bond motifs is 2. The van der Waals surface area contributed by atoms with Gasteiger partial charge in [0.1, 0.15) is 5.70 Å². The zero-order valence-electron chi connectivity index (χ0n) is 12.9. The third-order valence-corrected chi connectivity index (χ3v) is 4.32. The van der Waals surface area contributed by atoms with Gasteiger partial charge >= 0.3 is 0 Å². The Morgan fingerprint density at radius 3 is 2.65 bits per heavy atom. The highest BCUT2D eigenvalue weighted by Gasteiger charge is 2.34. The Morgan fingerprint density at radius 2 is 1.83 bits per heavy atom. The summed E-state index contributed by atoms with van der Waals surface area (Å²) < 4.78 is 0. The fourth-order valence-corrected chi connectivity index (χ4v) is 3.10. The molecule has 5 heteroatoms. The molecule has 1 aliphatic carbocycles. The average molecular weight is 306 g/mol. The molecule has 4 rings (SSSR count). The van der Waals surface area contributed by atoms with E-state index in [2.05, 4.69) is 27.2 Å². The van der Waals surface area contributed by atoms with Crippen LogP contribution in [0.2, 0.25) is 0 Å². The summed E-state index contributed by atoms with van der Waals surface area (Å²) in [5.41, 5.74) is 3.81. The van der Waals surface area contributed by atoms with Crippen molar-refractivity contribution in [2.75, 3.05) is 0 Å². The molecule has 0 aromatic heterocycles. The number of allylic oxidation sites excluding steroid dienone is 1. The van der Waals surface area contributed by atoms with E-state index in [1.54, 1.807) is 5.01 Å². The molecular formula is C18H18N4O. The number of carbonyl (C=O) groups excluding carboxylic acids is 1. The van der Waals surface area contributed by atoms with Crippen molar-refractivity contribution in [3.8, 4) is 0 Å². The van der Waals surface area contributed by atoms with Gasteiger partial charge in [0.25, 0.3) is 11.9 Å². The van der Waals surface area contributed by atoms with Crippen molar-refractivity contribution in [2.45, 2.75) is 38.5 Å². The predicted molar refractivity (Wildman–Crippen MR) is 90.5 cm³/mol. The Morgan fingerprint density at radius 1 is 1.04 bits per heavy atom. The van der Waals surface area contributed by atoms with Crippen LogP contribution in [0, 0.1) is 0 Å². The first-order valence-electron chi connectivity index (χ1n) is 8.14. The van der Waals surface area contributed by atoms with Crippen LogP contribution in [0.15, 0.2) is 57.2 Å². The number of hydrazone groups is 1. The van der Waals surface area contributed by atoms with Gasteiger partial charge in [-0.3, -0.25) is 4.79 Å². The first-order valence-corrected chi connectivity index (χ1v) is 8.14. The van der Waals surface area contributed by atoms with E-state index in [0.717, 1.165) is 49.9 Å². The van der Waals surface area contributed by atoms with E-state index < -0.39 is 0 Å². The lowest BCUT2D eigenvalue weighted by atomic mass is 9.96. The molecule has 1 amide bonds. The standard InChI is InChI=1S/C18H18N4O/c23-17-16(12-6-9-13-7-2-1-3-8-13)22-18(20-17)19-14-10-4-5-11-15(14)21-22/h1-3,7-8,12H,4-6,9-11H2. The molecule has 1 fully saturated rings. The van der Waals surface area contributed by atoms with Crippen LogP contribution in [0.5, 0.6) is 0 Å². The van der Waals surface area contributed by atoms with Crippen molar-refractivity contribution < 1.29 is 4.79 Å². The third kappa shape index (κ3) is 2.74. The van der Waals surface area contributed by atoms with E-state index in [4.69, 9.17) is 0 Å². The number of aryl methyl sites for hydroxylation is 1. The Bertz CT molecular complexity index is 758. The Kier molecular flexibility index (Phi) is 3.61. The van der Waals surface area contributed by atoms with Crippen LogP contribution in [0.25, 0.3) is 0 Å². The van der Waals surface area contributed by atoms with Crippen molar-refractivity contribution in [1.29, 1.82) is 0 Å². The van der Waals surface area contributed by atoms with Gasteiger partial charge < -0.3 is 0 Å². The minimum absolute atomic E-state index is 0.236. The maximum atomic E-state index is 12.2. The molecule has 5 nitrogen and oxygen atoms in total. The largest absolute Gasteiger partial charge is 0.298 e. The molecule has 1 aromatic rings. The minimum atomic E-state index is -0.236. The third-order valence-electron chi connectivity index (χ3n) is 4.32. The first kappa shape index (κ1) is 14.1. The Balaban J connectivity index is 1.52. The number of aliphatic imine (C=N–C) groups is 2. The summed E-state index contributed by atoms with van der Waals surface area (Å²) in [5, 5.41) is 6.25. The Labute approximate surface area is 135 Å². The summed E-state index contributed by atoms with van der Waals surface area (Å²) in [7, 11) is 0. The number of benzene rings is 1. The molecule has 1 saturated carbocycles. The van der Waals surface area contributed by atoms with Gasteiger partial charge in [-0.25, -0.2) is 4.99 Å². The smallest absolute Gasteiger partial charge is 0.265 e. The van der Waals surface area contributed by atoms with Crippen molar-refractivity contribution in [2.24, 2.45) is 15.1 Å². The molecule has 116 valence electrons. The fourth-order valence-electron chi connectivity index (χ4n) is 3.10. The summed E-state index contributed by atoms with van der Waals surface area (Å²) in [4.78, 5) is 20.7.